The van der Waals surface area contributed by atoms with Crippen molar-refractivity contribution in [1.82, 2.24) is 30.4 Å². The molecule has 1 amide bonds. The third kappa shape index (κ3) is 5.26. The van der Waals surface area contributed by atoms with Crippen molar-refractivity contribution >= 4 is 5.91 Å². The quantitative estimate of drug-likeness (QED) is 0.648. The van der Waals surface area contributed by atoms with Crippen molar-refractivity contribution in [3.8, 4) is 11.4 Å². The molecule has 0 aliphatic carbocycles. The second-order valence-corrected chi connectivity index (χ2v) is 7.38. The number of nitrogens with zero attached hydrogens (tertiary/aromatic N) is 4. The Kier molecular flexibility index (Phi) is 6.26. The maximum atomic E-state index is 12.4. The summed E-state index contributed by atoms with van der Waals surface area (Å²) < 4.78 is 0. The smallest absolute Gasteiger partial charge is 0.251 e. The normalized spacial score (nSPS) is 14.6. The molecule has 1 saturated heterocycles. The lowest BCUT2D eigenvalue weighted by Crippen LogP contribution is -2.29. The van der Waals surface area contributed by atoms with Crippen molar-refractivity contribution in [3.63, 3.8) is 0 Å². The highest BCUT2D eigenvalue weighted by Crippen LogP contribution is 2.14. The Morgan fingerprint density at radius 1 is 1.03 bits per heavy atom. The monoisotopic (exact) mass is 390 g/mol. The summed E-state index contributed by atoms with van der Waals surface area (Å²) in [6.45, 7) is 3.81. The molecule has 1 fully saturated rings. The first-order chi connectivity index (χ1) is 14.3. The number of pyridine rings is 1. The Bertz CT molecular complexity index is 916. The average Bonchev–Trinajstić information content (AvgIpc) is 3.24. The molecule has 1 aromatic carbocycles. The molecule has 7 heteroatoms. The molecule has 7 nitrogen and oxygen atoms in total. The van der Waals surface area contributed by atoms with Crippen LogP contribution < -0.4 is 5.32 Å². The van der Waals surface area contributed by atoms with Crippen LogP contribution in [0.2, 0.25) is 0 Å². The highest BCUT2D eigenvalue weighted by molar-refractivity contribution is 5.94. The first-order valence-electron chi connectivity index (χ1n) is 10.2. The van der Waals surface area contributed by atoms with Gasteiger partial charge in [0.15, 0.2) is 5.82 Å². The van der Waals surface area contributed by atoms with E-state index in [-0.39, 0.29) is 5.91 Å². The minimum atomic E-state index is -0.0663. The van der Waals surface area contributed by atoms with Gasteiger partial charge in [0.05, 0.1) is 0 Å². The molecule has 1 aliphatic heterocycles. The van der Waals surface area contributed by atoms with Gasteiger partial charge in [-0.05, 0) is 55.8 Å². The molecule has 3 aromatic rings. The number of H-pyrrole nitrogens is 1. The zero-order valence-corrected chi connectivity index (χ0v) is 16.5. The first-order valence-corrected chi connectivity index (χ1v) is 10.2. The summed E-state index contributed by atoms with van der Waals surface area (Å²) in [5.74, 6) is 1.32. The molecule has 3 heterocycles. The van der Waals surface area contributed by atoms with Gasteiger partial charge in [-0.15, -0.1) is 0 Å². The Morgan fingerprint density at radius 2 is 1.79 bits per heavy atom. The van der Waals surface area contributed by atoms with E-state index in [1.54, 1.807) is 12.4 Å². The van der Waals surface area contributed by atoms with Crippen LogP contribution in [0.25, 0.3) is 11.4 Å². The largest absolute Gasteiger partial charge is 0.352 e. The number of carbonyl (C=O) groups is 1. The lowest BCUT2D eigenvalue weighted by atomic mass is 10.1. The van der Waals surface area contributed by atoms with E-state index < -0.39 is 0 Å². The van der Waals surface area contributed by atoms with Crippen LogP contribution in [0.1, 0.15) is 41.0 Å². The molecular formula is C22H26N6O. The first kappa shape index (κ1) is 19.3. The average molecular weight is 390 g/mol. The topological polar surface area (TPSA) is 86.8 Å². The fourth-order valence-electron chi connectivity index (χ4n) is 3.57. The summed E-state index contributed by atoms with van der Waals surface area (Å²) in [4.78, 5) is 23.3. The van der Waals surface area contributed by atoms with Gasteiger partial charge in [-0.2, -0.15) is 5.10 Å². The summed E-state index contributed by atoms with van der Waals surface area (Å²) in [5.41, 5.74) is 2.85. The number of carbonyl (C=O) groups excluding carboxylic acids is 1. The number of amides is 1. The van der Waals surface area contributed by atoms with Crippen LogP contribution in [0.5, 0.6) is 0 Å². The zero-order valence-electron chi connectivity index (χ0n) is 16.5. The summed E-state index contributed by atoms with van der Waals surface area (Å²) in [5, 5.41) is 10.1. The van der Waals surface area contributed by atoms with E-state index in [4.69, 9.17) is 0 Å². The third-order valence-electron chi connectivity index (χ3n) is 5.19. The molecule has 0 unspecified atom stereocenters. The fraction of sp³-hybridized carbons (Fsp3) is 0.364. The van der Waals surface area contributed by atoms with Crippen molar-refractivity contribution in [2.45, 2.75) is 32.2 Å². The molecule has 29 heavy (non-hydrogen) atoms. The molecule has 0 saturated carbocycles. The van der Waals surface area contributed by atoms with Gasteiger partial charge in [-0.3, -0.25) is 19.8 Å². The lowest BCUT2D eigenvalue weighted by Gasteiger charge is -2.26. The number of hydrogen-bond donors (Lipinski definition) is 2. The number of likely N-dealkylation sites (tertiary alicyclic amines) is 1. The van der Waals surface area contributed by atoms with Gasteiger partial charge in [0.1, 0.15) is 5.82 Å². The Balaban J connectivity index is 1.25. The molecule has 2 aromatic heterocycles. The van der Waals surface area contributed by atoms with Crippen molar-refractivity contribution in [1.29, 1.82) is 0 Å². The van der Waals surface area contributed by atoms with E-state index in [9.17, 15) is 4.79 Å². The summed E-state index contributed by atoms with van der Waals surface area (Å²) in [7, 11) is 0. The summed E-state index contributed by atoms with van der Waals surface area (Å²) in [6, 6.07) is 11.7. The van der Waals surface area contributed by atoms with Gasteiger partial charge < -0.3 is 5.32 Å². The van der Waals surface area contributed by atoms with Crippen LogP contribution in [-0.2, 0) is 13.0 Å². The van der Waals surface area contributed by atoms with Crippen LogP contribution in [-0.4, -0.2) is 50.6 Å². The molecule has 0 bridgehead atoms. The second kappa shape index (κ2) is 9.43. The number of rotatable bonds is 7. The maximum Gasteiger partial charge on any atom is 0.251 e. The minimum Gasteiger partial charge on any atom is -0.352 e. The molecule has 150 valence electrons. The summed E-state index contributed by atoms with van der Waals surface area (Å²) >= 11 is 0. The SMILES string of the molecule is O=C(NCCc1nc(-c2ccncc2)n[nH]1)c1ccc(CN2CCCCC2)cc1. The van der Waals surface area contributed by atoms with Crippen molar-refractivity contribution in [2.75, 3.05) is 19.6 Å². The molecular weight excluding hydrogens is 364 g/mol. The molecule has 0 atom stereocenters. The highest BCUT2D eigenvalue weighted by atomic mass is 16.1. The molecule has 2 N–H and O–H groups in total. The second-order valence-electron chi connectivity index (χ2n) is 7.38. The molecule has 0 spiro atoms. The van der Waals surface area contributed by atoms with Gasteiger partial charge in [0.25, 0.3) is 5.91 Å². The van der Waals surface area contributed by atoms with Crippen LogP contribution in [0.4, 0.5) is 0 Å². The van der Waals surface area contributed by atoms with Crippen LogP contribution >= 0.6 is 0 Å². The standard InChI is InChI=1S/C22H26N6O/c29-22(19-6-4-17(5-7-19)16-28-14-2-1-3-15-28)24-13-10-20-25-21(27-26-20)18-8-11-23-12-9-18/h4-9,11-12H,1-3,10,13-16H2,(H,24,29)(H,25,26,27). The zero-order chi connectivity index (χ0) is 19.9. The molecule has 0 radical (unpaired) electrons. The van der Waals surface area contributed by atoms with Crippen LogP contribution in [0.15, 0.2) is 48.8 Å². The number of hydrogen-bond acceptors (Lipinski definition) is 5. The Labute approximate surface area is 170 Å². The Morgan fingerprint density at radius 3 is 2.55 bits per heavy atom. The molecule has 4 rings (SSSR count). The van der Waals surface area contributed by atoms with E-state index in [1.807, 2.05) is 24.3 Å². The van der Waals surface area contributed by atoms with E-state index in [0.29, 0.717) is 24.4 Å². The van der Waals surface area contributed by atoms with Gasteiger partial charge in [-0.25, -0.2) is 4.98 Å². The molecule has 1 aliphatic rings. The van der Waals surface area contributed by atoms with Crippen molar-refractivity contribution in [3.05, 3.63) is 65.7 Å². The number of aromatic nitrogens is 4. The van der Waals surface area contributed by atoms with Crippen LogP contribution in [0, 0.1) is 0 Å². The van der Waals surface area contributed by atoms with Gasteiger partial charge in [-0.1, -0.05) is 18.6 Å². The van der Waals surface area contributed by atoms with Crippen molar-refractivity contribution in [2.24, 2.45) is 0 Å². The van der Waals surface area contributed by atoms with E-state index >= 15 is 0 Å². The predicted octanol–water partition coefficient (Wildman–Crippen LogP) is 2.83. The van der Waals surface area contributed by atoms with E-state index in [1.165, 1.54) is 37.9 Å². The third-order valence-corrected chi connectivity index (χ3v) is 5.19. The Hall–Kier alpha value is -3.06. The fourth-order valence-corrected chi connectivity index (χ4v) is 3.57. The van der Waals surface area contributed by atoms with Gasteiger partial charge in [0, 0.05) is 43.0 Å². The maximum absolute atomic E-state index is 12.4. The number of benzene rings is 1. The van der Waals surface area contributed by atoms with Crippen molar-refractivity contribution < 1.29 is 4.79 Å². The number of aromatic amines is 1. The predicted molar refractivity (Wildman–Crippen MR) is 111 cm³/mol. The number of piperidine rings is 1. The van der Waals surface area contributed by atoms with Gasteiger partial charge in [0.2, 0.25) is 0 Å². The highest BCUT2D eigenvalue weighted by Gasteiger charge is 2.11. The lowest BCUT2D eigenvalue weighted by molar-refractivity contribution is 0.0954. The minimum absolute atomic E-state index is 0.0663. The van der Waals surface area contributed by atoms with Gasteiger partial charge >= 0.3 is 0 Å². The number of nitrogens with one attached hydrogen (secondary N) is 2. The summed E-state index contributed by atoms with van der Waals surface area (Å²) in [6.07, 6.45) is 7.93. The van der Waals surface area contributed by atoms with E-state index in [2.05, 4.69) is 42.5 Å². The van der Waals surface area contributed by atoms with Crippen LogP contribution in [0.3, 0.4) is 0 Å². The van der Waals surface area contributed by atoms with E-state index in [0.717, 1.165) is 17.9 Å².